The number of nitrogens with zero attached hydrogens (tertiary/aromatic N) is 2. The first-order valence-electron chi connectivity index (χ1n) is 8.03. The second kappa shape index (κ2) is 6.29. The molecule has 1 aliphatic rings. The summed E-state index contributed by atoms with van der Waals surface area (Å²) in [6.07, 6.45) is 6.87. The van der Waals surface area contributed by atoms with Crippen molar-refractivity contribution in [1.29, 1.82) is 0 Å². The maximum Gasteiger partial charge on any atom is 0.226 e. The third kappa shape index (κ3) is 3.09. The molecular weight excluding hydrogens is 262 g/mol. The number of hydrogen-bond acceptors (Lipinski definition) is 2. The Hall–Kier alpha value is -1.84. The minimum atomic E-state index is 0.0897. The van der Waals surface area contributed by atoms with Crippen molar-refractivity contribution in [1.82, 2.24) is 9.55 Å². The van der Waals surface area contributed by atoms with Crippen LogP contribution in [0.1, 0.15) is 45.4 Å². The van der Waals surface area contributed by atoms with Crippen LogP contribution in [0.2, 0.25) is 0 Å². The van der Waals surface area contributed by atoms with Gasteiger partial charge in [0, 0.05) is 13.0 Å². The molecule has 1 heterocycles. The summed E-state index contributed by atoms with van der Waals surface area (Å²) in [5.41, 5.74) is 2.01. The zero-order valence-electron chi connectivity index (χ0n) is 12.6. The number of hydrogen-bond donors (Lipinski definition) is 1. The SMILES string of the molecule is CCn1c(NC(=O)CCC2CCCC2)nc2ccccc21. The van der Waals surface area contributed by atoms with E-state index in [0.717, 1.165) is 29.9 Å². The van der Waals surface area contributed by atoms with Crippen molar-refractivity contribution in [3.8, 4) is 0 Å². The third-order valence-corrected chi connectivity index (χ3v) is 4.48. The highest BCUT2D eigenvalue weighted by Crippen LogP contribution is 2.28. The molecule has 1 saturated carbocycles. The van der Waals surface area contributed by atoms with Crippen LogP contribution in [-0.4, -0.2) is 15.5 Å². The van der Waals surface area contributed by atoms with Crippen molar-refractivity contribution in [2.75, 3.05) is 5.32 Å². The fourth-order valence-corrected chi connectivity index (χ4v) is 3.31. The molecule has 1 aromatic heterocycles. The molecule has 0 spiro atoms. The number of fused-ring (bicyclic) bond motifs is 1. The molecule has 112 valence electrons. The van der Waals surface area contributed by atoms with Gasteiger partial charge in [-0.25, -0.2) is 4.98 Å². The molecule has 3 rings (SSSR count). The molecule has 21 heavy (non-hydrogen) atoms. The Morgan fingerprint density at radius 3 is 2.86 bits per heavy atom. The van der Waals surface area contributed by atoms with E-state index in [9.17, 15) is 4.79 Å². The summed E-state index contributed by atoms with van der Waals surface area (Å²) in [7, 11) is 0. The molecule has 4 nitrogen and oxygen atoms in total. The number of aromatic nitrogens is 2. The quantitative estimate of drug-likeness (QED) is 0.903. The molecule has 1 fully saturated rings. The van der Waals surface area contributed by atoms with E-state index in [1.54, 1.807) is 0 Å². The van der Waals surface area contributed by atoms with Gasteiger partial charge in [-0.2, -0.15) is 0 Å². The van der Waals surface area contributed by atoms with Crippen molar-refractivity contribution < 1.29 is 4.79 Å². The Kier molecular flexibility index (Phi) is 4.23. The first-order chi connectivity index (χ1) is 10.3. The smallest absolute Gasteiger partial charge is 0.226 e. The number of carbonyl (C=O) groups is 1. The lowest BCUT2D eigenvalue weighted by Gasteiger charge is -2.10. The molecule has 1 aliphatic carbocycles. The Labute approximate surface area is 125 Å². The molecule has 4 heteroatoms. The maximum atomic E-state index is 12.1. The number of para-hydroxylation sites is 2. The lowest BCUT2D eigenvalue weighted by Crippen LogP contribution is -2.16. The van der Waals surface area contributed by atoms with Crippen LogP contribution in [0.25, 0.3) is 11.0 Å². The summed E-state index contributed by atoms with van der Waals surface area (Å²) in [5.74, 6) is 1.52. The van der Waals surface area contributed by atoms with Gasteiger partial charge in [0.25, 0.3) is 0 Å². The number of benzene rings is 1. The first kappa shape index (κ1) is 14.1. The van der Waals surface area contributed by atoms with Crippen molar-refractivity contribution in [3.63, 3.8) is 0 Å². The standard InChI is InChI=1S/C17H23N3O/c1-2-20-15-10-6-5-9-14(15)18-17(20)19-16(21)12-11-13-7-3-4-8-13/h5-6,9-10,13H,2-4,7-8,11-12H2,1H3,(H,18,19,21). The van der Waals surface area contributed by atoms with Crippen LogP contribution in [0.5, 0.6) is 0 Å². The average molecular weight is 285 g/mol. The van der Waals surface area contributed by atoms with Crippen LogP contribution in [0.4, 0.5) is 5.95 Å². The highest BCUT2D eigenvalue weighted by Gasteiger charge is 2.17. The van der Waals surface area contributed by atoms with E-state index in [4.69, 9.17) is 0 Å². The van der Waals surface area contributed by atoms with Crippen LogP contribution in [0.15, 0.2) is 24.3 Å². The maximum absolute atomic E-state index is 12.1. The van der Waals surface area contributed by atoms with Gasteiger partial charge in [-0.1, -0.05) is 37.8 Å². The van der Waals surface area contributed by atoms with E-state index in [1.165, 1.54) is 25.7 Å². The second-order valence-corrected chi connectivity index (χ2v) is 5.91. The summed E-state index contributed by atoms with van der Waals surface area (Å²) >= 11 is 0. The van der Waals surface area contributed by atoms with E-state index in [-0.39, 0.29) is 5.91 Å². The summed E-state index contributed by atoms with van der Waals surface area (Å²) in [4.78, 5) is 16.7. The zero-order chi connectivity index (χ0) is 14.7. The molecular formula is C17H23N3O. The molecule has 0 bridgehead atoms. The van der Waals surface area contributed by atoms with Gasteiger partial charge in [0.1, 0.15) is 0 Å². The van der Waals surface area contributed by atoms with Crippen LogP contribution >= 0.6 is 0 Å². The van der Waals surface area contributed by atoms with Gasteiger partial charge in [-0.05, 0) is 31.4 Å². The van der Waals surface area contributed by atoms with Crippen LogP contribution in [0.3, 0.4) is 0 Å². The van der Waals surface area contributed by atoms with Gasteiger partial charge in [0.05, 0.1) is 11.0 Å². The fourth-order valence-electron chi connectivity index (χ4n) is 3.31. The molecule has 0 unspecified atom stereocenters. The van der Waals surface area contributed by atoms with E-state index in [2.05, 4.69) is 21.8 Å². The zero-order valence-corrected chi connectivity index (χ0v) is 12.6. The van der Waals surface area contributed by atoms with Crippen molar-refractivity contribution >= 4 is 22.9 Å². The van der Waals surface area contributed by atoms with Gasteiger partial charge >= 0.3 is 0 Å². The summed E-state index contributed by atoms with van der Waals surface area (Å²) < 4.78 is 2.06. The Morgan fingerprint density at radius 2 is 2.10 bits per heavy atom. The van der Waals surface area contributed by atoms with Gasteiger partial charge in [-0.3, -0.25) is 10.1 Å². The Morgan fingerprint density at radius 1 is 1.33 bits per heavy atom. The topological polar surface area (TPSA) is 46.9 Å². The lowest BCUT2D eigenvalue weighted by molar-refractivity contribution is -0.116. The summed E-state index contributed by atoms with van der Waals surface area (Å²) in [6, 6.07) is 8.00. The number of rotatable bonds is 5. The van der Waals surface area contributed by atoms with E-state index in [0.29, 0.717) is 12.4 Å². The predicted molar refractivity (Wildman–Crippen MR) is 85.2 cm³/mol. The number of imidazole rings is 1. The summed E-state index contributed by atoms with van der Waals surface area (Å²) in [6.45, 7) is 2.88. The van der Waals surface area contributed by atoms with Crippen LogP contribution < -0.4 is 5.32 Å². The highest BCUT2D eigenvalue weighted by molar-refractivity contribution is 5.91. The fraction of sp³-hybridized carbons (Fsp3) is 0.529. The minimum Gasteiger partial charge on any atom is -0.310 e. The molecule has 1 amide bonds. The van der Waals surface area contributed by atoms with Gasteiger partial charge in [0.2, 0.25) is 11.9 Å². The Balaban J connectivity index is 1.67. The third-order valence-electron chi connectivity index (χ3n) is 4.48. The molecule has 0 atom stereocenters. The van der Waals surface area contributed by atoms with E-state index in [1.807, 2.05) is 24.3 Å². The predicted octanol–water partition coefficient (Wildman–Crippen LogP) is 3.97. The van der Waals surface area contributed by atoms with Gasteiger partial charge in [0.15, 0.2) is 0 Å². The number of anilines is 1. The number of carbonyl (C=O) groups excluding carboxylic acids is 1. The van der Waals surface area contributed by atoms with E-state index >= 15 is 0 Å². The molecule has 0 radical (unpaired) electrons. The van der Waals surface area contributed by atoms with Gasteiger partial charge < -0.3 is 4.57 Å². The number of amides is 1. The Bertz CT molecular complexity index is 626. The number of aryl methyl sites for hydroxylation is 1. The molecule has 0 aliphatic heterocycles. The minimum absolute atomic E-state index is 0.0897. The number of nitrogens with one attached hydrogen (secondary N) is 1. The monoisotopic (exact) mass is 285 g/mol. The van der Waals surface area contributed by atoms with Crippen LogP contribution in [0, 0.1) is 5.92 Å². The van der Waals surface area contributed by atoms with E-state index < -0.39 is 0 Å². The van der Waals surface area contributed by atoms with Gasteiger partial charge in [-0.15, -0.1) is 0 Å². The summed E-state index contributed by atoms with van der Waals surface area (Å²) in [5, 5.41) is 2.99. The molecule has 0 saturated heterocycles. The molecule has 1 N–H and O–H groups in total. The van der Waals surface area contributed by atoms with Crippen molar-refractivity contribution in [2.24, 2.45) is 5.92 Å². The van der Waals surface area contributed by atoms with Crippen molar-refractivity contribution in [2.45, 2.75) is 52.0 Å². The first-order valence-corrected chi connectivity index (χ1v) is 8.03. The van der Waals surface area contributed by atoms with Crippen LogP contribution in [-0.2, 0) is 11.3 Å². The highest BCUT2D eigenvalue weighted by atomic mass is 16.1. The molecule has 2 aromatic rings. The average Bonchev–Trinajstić information content (AvgIpc) is 3.12. The molecule has 1 aromatic carbocycles. The normalized spacial score (nSPS) is 15.7. The lowest BCUT2D eigenvalue weighted by atomic mass is 10.0. The van der Waals surface area contributed by atoms with Crippen molar-refractivity contribution in [3.05, 3.63) is 24.3 Å². The largest absolute Gasteiger partial charge is 0.310 e. The second-order valence-electron chi connectivity index (χ2n) is 5.91.